The van der Waals surface area contributed by atoms with Gasteiger partial charge in [0.15, 0.2) is 0 Å². The van der Waals surface area contributed by atoms with Gasteiger partial charge >= 0.3 is 0 Å². The number of carbonyl (C=O) groups excluding carboxylic acids is 2. The number of carbonyl (C=O) groups is 2. The molecule has 29 heavy (non-hydrogen) atoms. The Morgan fingerprint density at radius 1 is 0.966 bits per heavy atom. The van der Waals surface area contributed by atoms with Crippen molar-refractivity contribution in [1.29, 1.82) is 0 Å². The third-order valence-electron chi connectivity index (χ3n) is 4.95. The van der Waals surface area contributed by atoms with Crippen molar-refractivity contribution in [1.82, 2.24) is 5.32 Å². The van der Waals surface area contributed by atoms with Crippen LogP contribution in [0.5, 0.6) is 11.5 Å². The highest BCUT2D eigenvalue weighted by Crippen LogP contribution is 2.39. The first kappa shape index (κ1) is 18.6. The van der Waals surface area contributed by atoms with Gasteiger partial charge in [0.2, 0.25) is 0 Å². The molecule has 0 aliphatic carbocycles. The summed E-state index contributed by atoms with van der Waals surface area (Å²) in [5.74, 6) is 0.882. The maximum atomic E-state index is 12.6. The number of anilines is 1. The summed E-state index contributed by atoms with van der Waals surface area (Å²) in [4.78, 5) is 25.1. The molecular weight excluding hydrogens is 368 g/mol. The minimum absolute atomic E-state index is 0.216. The molecule has 3 aromatic carbocycles. The molecule has 0 spiro atoms. The second-order valence-corrected chi connectivity index (χ2v) is 6.58. The first-order chi connectivity index (χ1) is 14.1. The van der Waals surface area contributed by atoms with E-state index in [4.69, 9.17) is 9.47 Å². The lowest BCUT2D eigenvalue weighted by molar-refractivity contribution is 0.0966. The molecule has 2 N–H and O–H groups in total. The highest BCUT2D eigenvalue weighted by atomic mass is 16.5. The Kier molecular flexibility index (Phi) is 4.91. The minimum Gasteiger partial charge on any atom is -0.497 e. The van der Waals surface area contributed by atoms with Crippen LogP contribution in [0.25, 0.3) is 11.1 Å². The molecule has 6 heteroatoms. The molecule has 0 fully saturated rings. The molecule has 6 nitrogen and oxygen atoms in total. The molecule has 1 heterocycles. The van der Waals surface area contributed by atoms with Crippen molar-refractivity contribution in [3.63, 3.8) is 0 Å². The number of nitrogens with one attached hydrogen (secondary N) is 2. The molecular formula is C23H20N2O4. The topological polar surface area (TPSA) is 76.7 Å². The Morgan fingerprint density at radius 3 is 2.48 bits per heavy atom. The lowest BCUT2D eigenvalue weighted by Gasteiger charge is -2.15. The van der Waals surface area contributed by atoms with Gasteiger partial charge in [-0.1, -0.05) is 24.3 Å². The first-order valence-electron chi connectivity index (χ1n) is 9.15. The molecule has 0 radical (unpaired) electrons. The number of rotatable bonds is 5. The van der Waals surface area contributed by atoms with Crippen molar-refractivity contribution in [3.05, 3.63) is 77.4 Å². The lowest BCUT2D eigenvalue weighted by atomic mass is 9.94. The molecule has 0 bridgehead atoms. The summed E-state index contributed by atoms with van der Waals surface area (Å²) in [5.41, 5.74) is 3.96. The molecule has 0 saturated carbocycles. The molecule has 1 aliphatic heterocycles. The van der Waals surface area contributed by atoms with Crippen LogP contribution in [-0.4, -0.2) is 26.0 Å². The maximum absolute atomic E-state index is 12.6. The van der Waals surface area contributed by atoms with Crippen LogP contribution < -0.4 is 20.1 Å². The Balaban J connectivity index is 1.79. The van der Waals surface area contributed by atoms with Crippen molar-refractivity contribution < 1.29 is 19.1 Å². The predicted octanol–water partition coefficient (Wildman–Crippen LogP) is 3.87. The number of hydrogen-bond donors (Lipinski definition) is 2. The Morgan fingerprint density at radius 2 is 1.76 bits per heavy atom. The molecule has 2 amide bonds. The Hall–Kier alpha value is -3.80. The van der Waals surface area contributed by atoms with Gasteiger partial charge in [0.05, 0.1) is 25.5 Å². The van der Waals surface area contributed by atoms with Gasteiger partial charge < -0.3 is 20.1 Å². The third kappa shape index (κ3) is 3.40. The number of amides is 2. The second kappa shape index (κ2) is 7.67. The summed E-state index contributed by atoms with van der Waals surface area (Å²) >= 11 is 0. The number of ether oxygens (including phenoxy) is 2. The van der Waals surface area contributed by atoms with E-state index >= 15 is 0 Å². The normalized spacial score (nSPS) is 12.1. The van der Waals surface area contributed by atoms with Gasteiger partial charge in [0.25, 0.3) is 11.8 Å². The fraction of sp³-hybridized carbons (Fsp3) is 0.130. The van der Waals surface area contributed by atoms with E-state index in [0.717, 1.165) is 16.7 Å². The van der Waals surface area contributed by atoms with Gasteiger partial charge in [-0.25, -0.2) is 0 Å². The van der Waals surface area contributed by atoms with E-state index in [0.29, 0.717) is 34.9 Å². The van der Waals surface area contributed by atoms with Crippen LogP contribution in [0.4, 0.5) is 5.69 Å². The molecule has 0 aromatic heterocycles. The van der Waals surface area contributed by atoms with Crippen molar-refractivity contribution in [2.45, 2.75) is 6.54 Å². The van der Waals surface area contributed by atoms with E-state index in [-0.39, 0.29) is 11.8 Å². The van der Waals surface area contributed by atoms with Gasteiger partial charge in [0.1, 0.15) is 11.5 Å². The van der Waals surface area contributed by atoms with Crippen LogP contribution >= 0.6 is 0 Å². The summed E-state index contributed by atoms with van der Waals surface area (Å²) in [7, 11) is 3.20. The van der Waals surface area contributed by atoms with Crippen LogP contribution in [0, 0.1) is 0 Å². The highest BCUT2D eigenvalue weighted by molar-refractivity contribution is 6.11. The first-order valence-corrected chi connectivity index (χ1v) is 9.15. The third-order valence-corrected chi connectivity index (χ3v) is 4.95. The van der Waals surface area contributed by atoms with Gasteiger partial charge in [-0.15, -0.1) is 0 Å². The van der Waals surface area contributed by atoms with Crippen molar-refractivity contribution >= 4 is 17.5 Å². The summed E-state index contributed by atoms with van der Waals surface area (Å²) in [5, 5.41) is 5.72. The van der Waals surface area contributed by atoms with Crippen LogP contribution in [0.3, 0.4) is 0 Å². The molecule has 146 valence electrons. The Labute approximate surface area is 168 Å². The summed E-state index contributed by atoms with van der Waals surface area (Å²) < 4.78 is 10.9. The van der Waals surface area contributed by atoms with Gasteiger partial charge in [-0.3, -0.25) is 9.59 Å². The van der Waals surface area contributed by atoms with Crippen LogP contribution in [0.15, 0.2) is 60.7 Å². The van der Waals surface area contributed by atoms with E-state index in [9.17, 15) is 9.59 Å². The van der Waals surface area contributed by atoms with E-state index in [2.05, 4.69) is 10.6 Å². The monoisotopic (exact) mass is 388 g/mol. The maximum Gasteiger partial charge on any atom is 0.255 e. The summed E-state index contributed by atoms with van der Waals surface area (Å²) in [6.45, 7) is 0.374. The number of fused-ring (bicyclic) bond motifs is 1. The molecule has 0 saturated heterocycles. The zero-order chi connectivity index (χ0) is 20.4. The minimum atomic E-state index is -0.265. The quantitative estimate of drug-likeness (QED) is 0.696. The van der Waals surface area contributed by atoms with Crippen LogP contribution in [0.2, 0.25) is 0 Å². The smallest absolute Gasteiger partial charge is 0.255 e. The van der Waals surface area contributed by atoms with E-state index < -0.39 is 0 Å². The zero-order valence-corrected chi connectivity index (χ0v) is 16.1. The Bertz CT molecular complexity index is 1090. The van der Waals surface area contributed by atoms with Crippen molar-refractivity contribution in [2.24, 2.45) is 0 Å². The zero-order valence-electron chi connectivity index (χ0n) is 16.1. The van der Waals surface area contributed by atoms with E-state index in [1.807, 2.05) is 30.3 Å². The van der Waals surface area contributed by atoms with Gasteiger partial charge in [0, 0.05) is 17.7 Å². The fourth-order valence-electron chi connectivity index (χ4n) is 3.51. The molecule has 4 rings (SSSR count). The second-order valence-electron chi connectivity index (χ2n) is 6.58. The molecule has 3 aromatic rings. The number of benzene rings is 3. The fourth-order valence-corrected chi connectivity index (χ4v) is 3.51. The average Bonchev–Trinajstić information content (AvgIpc) is 3.16. The van der Waals surface area contributed by atoms with Gasteiger partial charge in [-0.05, 0) is 47.5 Å². The van der Waals surface area contributed by atoms with Gasteiger partial charge in [-0.2, -0.15) is 0 Å². The summed E-state index contributed by atoms with van der Waals surface area (Å²) in [6.07, 6.45) is 0. The molecule has 0 unspecified atom stereocenters. The van der Waals surface area contributed by atoms with Crippen molar-refractivity contribution in [3.8, 4) is 22.6 Å². The van der Waals surface area contributed by atoms with Crippen LogP contribution in [-0.2, 0) is 6.54 Å². The molecule has 0 atom stereocenters. The average molecular weight is 388 g/mol. The SMILES string of the molecule is COc1ccc(OC)c(-c2ccc(NC(=O)c3ccccc3)c3c2CNC3=O)c1. The number of methoxy groups -OCH3 is 2. The molecule has 1 aliphatic rings. The van der Waals surface area contributed by atoms with E-state index in [1.54, 1.807) is 44.6 Å². The predicted molar refractivity (Wildman–Crippen MR) is 111 cm³/mol. The standard InChI is InChI=1S/C23H20N2O4/c1-28-15-8-11-20(29-2)17(12-15)16-9-10-19(21-18(16)13-24-23(21)27)25-22(26)14-6-4-3-5-7-14/h3-12H,13H2,1-2H3,(H,24,27)(H,25,26). The highest BCUT2D eigenvalue weighted by Gasteiger charge is 2.28. The summed E-state index contributed by atoms with van der Waals surface area (Å²) in [6, 6.07) is 18.1. The number of hydrogen-bond acceptors (Lipinski definition) is 4. The van der Waals surface area contributed by atoms with Crippen molar-refractivity contribution in [2.75, 3.05) is 19.5 Å². The van der Waals surface area contributed by atoms with E-state index in [1.165, 1.54) is 0 Å². The largest absolute Gasteiger partial charge is 0.497 e. The lowest BCUT2D eigenvalue weighted by Crippen LogP contribution is -2.17. The van der Waals surface area contributed by atoms with Crippen LogP contribution in [0.1, 0.15) is 26.3 Å².